The molecule has 29 heavy (non-hydrogen) atoms. The normalized spacial score (nSPS) is 10.9. The number of benzene rings is 3. The molecule has 5 nitrogen and oxygen atoms in total. The fraction of sp³-hybridized carbons (Fsp3) is 0.0909. The molecule has 0 spiro atoms. The van der Waals surface area contributed by atoms with E-state index >= 15 is 0 Å². The Morgan fingerprint density at radius 1 is 1.07 bits per heavy atom. The van der Waals surface area contributed by atoms with Crippen molar-refractivity contribution in [3.05, 3.63) is 87.4 Å². The van der Waals surface area contributed by atoms with E-state index in [4.69, 9.17) is 37.8 Å². The molecule has 0 aliphatic carbocycles. The molecule has 0 aromatic heterocycles. The van der Waals surface area contributed by atoms with Crippen molar-refractivity contribution in [2.24, 2.45) is 4.99 Å². The maximum absolute atomic E-state index is 11.0. The van der Waals surface area contributed by atoms with Gasteiger partial charge in [-0.2, -0.15) is 0 Å². The van der Waals surface area contributed by atoms with Crippen molar-refractivity contribution in [1.29, 1.82) is 0 Å². The van der Waals surface area contributed by atoms with Gasteiger partial charge in [0.2, 0.25) is 0 Å². The molecular weight excluding hydrogens is 413 g/mol. The van der Waals surface area contributed by atoms with Crippen LogP contribution in [-0.2, 0) is 6.61 Å². The van der Waals surface area contributed by atoms with Gasteiger partial charge < -0.3 is 14.6 Å². The standard InChI is InChI=1S/C22H17Cl2NO4/c1-28-20-4-2-3-16(12-25-17-9-10-18(23)19(24)11-17)21(20)29-13-14-5-7-15(8-6-14)22(26)27/h2-12H,13H2,1H3,(H,26,27). The van der Waals surface area contributed by atoms with Crippen molar-refractivity contribution < 1.29 is 19.4 Å². The third kappa shape index (κ3) is 5.28. The van der Waals surface area contributed by atoms with Crippen LogP contribution in [0.2, 0.25) is 10.0 Å². The zero-order chi connectivity index (χ0) is 20.8. The first-order valence-corrected chi connectivity index (χ1v) is 9.34. The second-order valence-electron chi connectivity index (χ2n) is 6.03. The lowest BCUT2D eigenvalue weighted by atomic mass is 10.1. The van der Waals surface area contributed by atoms with Crippen molar-refractivity contribution in [2.75, 3.05) is 7.11 Å². The second-order valence-corrected chi connectivity index (χ2v) is 6.84. The topological polar surface area (TPSA) is 68.1 Å². The molecule has 0 unspecified atom stereocenters. The fourth-order valence-electron chi connectivity index (χ4n) is 2.56. The van der Waals surface area contributed by atoms with E-state index in [1.54, 1.807) is 49.7 Å². The molecule has 0 radical (unpaired) electrons. The summed E-state index contributed by atoms with van der Waals surface area (Å²) in [7, 11) is 1.56. The lowest BCUT2D eigenvalue weighted by Crippen LogP contribution is -2.02. The quantitative estimate of drug-likeness (QED) is 0.465. The molecule has 0 saturated carbocycles. The number of carboxylic acids is 1. The first-order chi connectivity index (χ1) is 14.0. The number of methoxy groups -OCH3 is 1. The van der Waals surface area contributed by atoms with Crippen molar-refractivity contribution >= 4 is 41.1 Å². The molecule has 0 atom stereocenters. The maximum atomic E-state index is 11.0. The summed E-state index contributed by atoms with van der Waals surface area (Å²) < 4.78 is 11.4. The number of ether oxygens (including phenoxy) is 2. The highest BCUT2D eigenvalue weighted by Gasteiger charge is 2.10. The van der Waals surface area contributed by atoms with Gasteiger partial charge in [-0.05, 0) is 48.0 Å². The molecule has 0 aliphatic heterocycles. The average molecular weight is 430 g/mol. The number of aliphatic imine (C=N–C) groups is 1. The molecule has 0 aliphatic rings. The highest BCUT2D eigenvalue weighted by Crippen LogP contribution is 2.32. The molecule has 148 valence electrons. The minimum atomic E-state index is -0.969. The van der Waals surface area contributed by atoms with E-state index in [0.29, 0.717) is 27.2 Å². The van der Waals surface area contributed by atoms with Gasteiger partial charge >= 0.3 is 5.97 Å². The number of hydrogen-bond donors (Lipinski definition) is 1. The van der Waals surface area contributed by atoms with Gasteiger partial charge in [0.05, 0.1) is 28.4 Å². The average Bonchev–Trinajstić information content (AvgIpc) is 2.73. The van der Waals surface area contributed by atoms with E-state index < -0.39 is 5.97 Å². The van der Waals surface area contributed by atoms with Crippen molar-refractivity contribution in [3.63, 3.8) is 0 Å². The first-order valence-electron chi connectivity index (χ1n) is 8.59. The third-order valence-electron chi connectivity index (χ3n) is 4.07. The summed E-state index contributed by atoms with van der Waals surface area (Å²) in [5.74, 6) is 0.120. The Morgan fingerprint density at radius 2 is 1.83 bits per heavy atom. The zero-order valence-electron chi connectivity index (χ0n) is 15.4. The predicted molar refractivity (Wildman–Crippen MR) is 114 cm³/mol. The van der Waals surface area contributed by atoms with Gasteiger partial charge in [0.1, 0.15) is 6.61 Å². The van der Waals surface area contributed by atoms with E-state index in [9.17, 15) is 4.79 Å². The van der Waals surface area contributed by atoms with Crippen molar-refractivity contribution in [1.82, 2.24) is 0 Å². The number of aromatic carboxylic acids is 1. The highest BCUT2D eigenvalue weighted by molar-refractivity contribution is 6.42. The molecule has 1 N–H and O–H groups in total. The first kappa shape index (κ1) is 20.7. The predicted octanol–water partition coefficient (Wildman–Crippen LogP) is 6.03. The Bertz CT molecular complexity index is 1050. The minimum Gasteiger partial charge on any atom is -0.493 e. The number of nitrogens with zero attached hydrogens (tertiary/aromatic N) is 1. The maximum Gasteiger partial charge on any atom is 0.335 e. The Hall–Kier alpha value is -3.02. The van der Waals surface area contributed by atoms with Crippen LogP contribution in [0.1, 0.15) is 21.5 Å². The van der Waals surface area contributed by atoms with Crippen LogP contribution in [0, 0.1) is 0 Å². The van der Waals surface area contributed by atoms with Gasteiger partial charge in [0.25, 0.3) is 0 Å². The monoisotopic (exact) mass is 429 g/mol. The van der Waals surface area contributed by atoms with E-state index in [1.165, 1.54) is 12.1 Å². The molecule has 0 fully saturated rings. The molecular formula is C22H17Cl2NO4. The van der Waals surface area contributed by atoms with E-state index in [-0.39, 0.29) is 12.2 Å². The van der Waals surface area contributed by atoms with Gasteiger partial charge in [-0.25, -0.2) is 4.79 Å². The largest absolute Gasteiger partial charge is 0.493 e. The number of halogens is 2. The Morgan fingerprint density at radius 3 is 2.48 bits per heavy atom. The van der Waals surface area contributed by atoms with Crippen LogP contribution in [0.25, 0.3) is 0 Å². The molecule has 3 rings (SSSR count). The van der Waals surface area contributed by atoms with Crippen LogP contribution < -0.4 is 9.47 Å². The Balaban J connectivity index is 1.82. The van der Waals surface area contributed by atoms with Gasteiger partial charge in [0, 0.05) is 11.8 Å². The summed E-state index contributed by atoms with van der Waals surface area (Å²) in [5.41, 5.74) is 2.42. The second kappa shape index (κ2) is 9.45. The van der Waals surface area contributed by atoms with Crippen LogP contribution in [0.5, 0.6) is 11.5 Å². The highest BCUT2D eigenvalue weighted by atomic mass is 35.5. The molecule has 3 aromatic rings. The molecule has 0 amide bonds. The number of rotatable bonds is 7. The lowest BCUT2D eigenvalue weighted by molar-refractivity contribution is 0.0697. The van der Waals surface area contributed by atoms with Gasteiger partial charge in [-0.3, -0.25) is 4.99 Å². The number of carbonyl (C=O) groups is 1. The van der Waals surface area contributed by atoms with Gasteiger partial charge in [-0.15, -0.1) is 0 Å². The minimum absolute atomic E-state index is 0.223. The summed E-state index contributed by atoms with van der Waals surface area (Å²) in [6.45, 7) is 0.244. The van der Waals surface area contributed by atoms with Crippen LogP contribution >= 0.6 is 23.2 Å². The lowest BCUT2D eigenvalue weighted by Gasteiger charge is -2.13. The summed E-state index contributed by atoms with van der Waals surface area (Å²) in [6, 6.07) is 17.1. The van der Waals surface area contributed by atoms with Crippen LogP contribution in [0.4, 0.5) is 5.69 Å². The number of para-hydroxylation sites is 1. The zero-order valence-corrected chi connectivity index (χ0v) is 16.9. The van der Waals surface area contributed by atoms with Crippen LogP contribution in [0.15, 0.2) is 65.7 Å². The smallest absolute Gasteiger partial charge is 0.335 e. The summed E-state index contributed by atoms with van der Waals surface area (Å²) in [5, 5.41) is 9.88. The van der Waals surface area contributed by atoms with Crippen molar-refractivity contribution in [2.45, 2.75) is 6.61 Å². The third-order valence-corrected chi connectivity index (χ3v) is 4.81. The van der Waals surface area contributed by atoms with Gasteiger partial charge in [0.15, 0.2) is 11.5 Å². The SMILES string of the molecule is COc1cccc(C=Nc2ccc(Cl)c(Cl)c2)c1OCc1ccc(C(=O)O)cc1. The van der Waals surface area contributed by atoms with Crippen molar-refractivity contribution in [3.8, 4) is 11.5 Å². The molecule has 0 bridgehead atoms. The van der Waals surface area contributed by atoms with E-state index in [2.05, 4.69) is 4.99 Å². The molecule has 3 aromatic carbocycles. The fourth-order valence-corrected chi connectivity index (χ4v) is 2.85. The molecule has 0 saturated heterocycles. The summed E-state index contributed by atoms with van der Waals surface area (Å²) in [4.78, 5) is 15.4. The van der Waals surface area contributed by atoms with Crippen LogP contribution in [-0.4, -0.2) is 24.4 Å². The Kier molecular flexibility index (Phi) is 6.75. The van der Waals surface area contributed by atoms with E-state index in [0.717, 1.165) is 11.1 Å². The summed E-state index contributed by atoms with van der Waals surface area (Å²) >= 11 is 12.0. The van der Waals surface area contributed by atoms with Crippen LogP contribution in [0.3, 0.4) is 0 Å². The number of carboxylic acid groups (broad SMARTS) is 1. The van der Waals surface area contributed by atoms with Gasteiger partial charge in [-0.1, -0.05) is 41.4 Å². The summed E-state index contributed by atoms with van der Waals surface area (Å²) in [6.07, 6.45) is 1.66. The Labute approximate surface area is 178 Å². The van der Waals surface area contributed by atoms with E-state index in [1.807, 2.05) is 12.1 Å². The molecule has 0 heterocycles. The number of hydrogen-bond acceptors (Lipinski definition) is 4. The molecule has 7 heteroatoms.